The van der Waals surface area contributed by atoms with Crippen molar-refractivity contribution in [2.24, 2.45) is 11.8 Å². The summed E-state index contributed by atoms with van der Waals surface area (Å²) in [5, 5.41) is 8.71. The van der Waals surface area contributed by atoms with Crippen LogP contribution in [-0.2, 0) is 6.18 Å². The highest BCUT2D eigenvalue weighted by Gasteiger charge is 2.57. The molecule has 2 fully saturated rings. The van der Waals surface area contributed by atoms with Gasteiger partial charge in [-0.15, -0.1) is 0 Å². The Hall–Kier alpha value is -1.53. The molecule has 1 heterocycles. The van der Waals surface area contributed by atoms with E-state index in [2.05, 4.69) is 4.98 Å². The first-order valence-corrected chi connectivity index (χ1v) is 5.71. The van der Waals surface area contributed by atoms with Gasteiger partial charge < -0.3 is 9.52 Å². The Bertz CT molecular complexity index is 498. The first-order valence-electron chi connectivity index (χ1n) is 5.71. The topological polar surface area (TPSA) is 63.3 Å². The monoisotopic (exact) mass is 261 g/mol. The van der Waals surface area contributed by atoms with Crippen LogP contribution < -0.4 is 0 Å². The molecule has 1 N–H and O–H groups in total. The summed E-state index contributed by atoms with van der Waals surface area (Å²) < 4.78 is 42.7. The van der Waals surface area contributed by atoms with Crippen molar-refractivity contribution in [3.8, 4) is 0 Å². The Balaban J connectivity index is 1.96. The number of aromatic carboxylic acids is 1. The lowest BCUT2D eigenvalue weighted by Gasteiger charge is -2.00. The highest BCUT2D eigenvalue weighted by atomic mass is 19.4. The van der Waals surface area contributed by atoms with Gasteiger partial charge in [-0.3, -0.25) is 0 Å². The minimum absolute atomic E-state index is 0.0607. The average Bonchev–Trinajstić information content (AvgIpc) is 2.72. The van der Waals surface area contributed by atoms with E-state index in [1.54, 1.807) is 0 Å². The molecule has 7 heteroatoms. The van der Waals surface area contributed by atoms with Crippen LogP contribution in [0.5, 0.6) is 0 Å². The number of carboxylic acid groups (broad SMARTS) is 1. The number of aromatic nitrogens is 1. The molecular weight excluding hydrogens is 251 g/mol. The van der Waals surface area contributed by atoms with E-state index < -0.39 is 23.6 Å². The third-order valence-corrected chi connectivity index (χ3v) is 3.80. The second-order valence-corrected chi connectivity index (χ2v) is 4.82. The predicted octanol–water partition coefficient (Wildman–Crippen LogP) is 2.91. The van der Waals surface area contributed by atoms with E-state index in [-0.39, 0.29) is 11.8 Å². The minimum atomic E-state index is -4.79. The fourth-order valence-corrected chi connectivity index (χ4v) is 3.00. The first kappa shape index (κ1) is 11.6. The van der Waals surface area contributed by atoms with Crippen molar-refractivity contribution in [1.29, 1.82) is 0 Å². The van der Waals surface area contributed by atoms with Crippen molar-refractivity contribution in [1.82, 2.24) is 4.98 Å². The summed E-state index contributed by atoms with van der Waals surface area (Å²) in [6, 6.07) is 0. The van der Waals surface area contributed by atoms with Crippen LogP contribution >= 0.6 is 0 Å². The molecular formula is C11H10F3NO3. The molecule has 0 aliphatic heterocycles. The van der Waals surface area contributed by atoms with Crippen LogP contribution in [0.4, 0.5) is 13.2 Å². The number of hydrogen-bond acceptors (Lipinski definition) is 3. The molecule has 1 aromatic rings. The quantitative estimate of drug-likeness (QED) is 0.889. The lowest BCUT2D eigenvalue weighted by molar-refractivity contribution is -0.141. The highest BCUT2D eigenvalue weighted by Crippen LogP contribution is 2.63. The minimum Gasteiger partial charge on any atom is -0.475 e. The smallest absolute Gasteiger partial charge is 0.437 e. The highest BCUT2D eigenvalue weighted by molar-refractivity contribution is 5.85. The molecule has 3 rings (SSSR count). The normalized spacial score (nSPS) is 30.3. The van der Waals surface area contributed by atoms with E-state index in [9.17, 15) is 18.0 Å². The second kappa shape index (κ2) is 3.49. The van der Waals surface area contributed by atoms with Crippen LogP contribution in [0.2, 0.25) is 0 Å². The number of rotatable bonds is 2. The molecule has 0 saturated heterocycles. The van der Waals surface area contributed by atoms with Crippen LogP contribution in [0.3, 0.4) is 0 Å². The zero-order chi connectivity index (χ0) is 13.1. The molecule has 98 valence electrons. The number of carboxylic acids is 1. The number of nitrogens with zero attached hydrogens (tertiary/aromatic N) is 1. The number of carbonyl (C=O) groups is 1. The molecule has 0 radical (unpaired) electrons. The maximum absolute atomic E-state index is 12.6. The largest absolute Gasteiger partial charge is 0.475 e. The van der Waals surface area contributed by atoms with Crippen molar-refractivity contribution in [2.45, 2.75) is 31.4 Å². The molecule has 0 amide bonds. The van der Waals surface area contributed by atoms with Gasteiger partial charge in [0.1, 0.15) is 0 Å². The van der Waals surface area contributed by atoms with E-state index in [0.717, 1.165) is 19.3 Å². The van der Waals surface area contributed by atoms with Crippen LogP contribution in [-0.4, -0.2) is 16.1 Å². The summed E-state index contributed by atoms with van der Waals surface area (Å²) in [6.07, 6.45) is -1.80. The van der Waals surface area contributed by atoms with Crippen LogP contribution in [0.1, 0.15) is 47.3 Å². The zero-order valence-electron chi connectivity index (χ0n) is 9.20. The third kappa shape index (κ3) is 1.60. The van der Waals surface area contributed by atoms with Gasteiger partial charge in [-0.1, -0.05) is 6.42 Å². The third-order valence-electron chi connectivity index (χ3n) is 3.80. The van der Waals surface area contributed by atoms with Gasteiger partial charge in [0.25, 0.3) is 0 Å². The number of alkyl halides is 3. The van der Waals surface area contributed by atoms with E-state index in [0.29, 0.717) is 11.8 Å². The van der Waals surface area contributed by atoms with E-state index in [1.807, 2.05) is 0 Å². The number of hydrogen-bond donors (Lipinski definition) is 1. The summed E-state index contributed by atoms with van der Waals surface area (Å²) in [4.78, 5) is 14.1. The average molecular weight is 261 g/mol. The van der Waals surface area contributed by atoms with Gasteiger partial charge in [-0.2, -0.15) is 13.2 Å². The number of halogens is 3. The van der Waals surface area contributed by atoms with Gasteiger partial charge in [0.2, 0.25) is 5.76 Å². The number of fused-ring (bicyclic) bond motifs is 1. The molecule has 1 aromatic heterocycles. The lowest BCUT2D eigenvalue weighted by Crippen LogP contribution is -2.11. The van der Waals surface area contributed by atoms with E-state index in [1.165, 1.54) is 0 Å². The molecule has 2 aliphatic carbocycles. The summed E-state index contributed by atoms with van der Waals surface area (Å²) in [6.45, 7) is 0. The molecule has 4 nitrogen and oxygen atoms in total. The molecule has 2 unspecified atom stereocenters. The van der Waals surface area contributed by atoms with Gasteiger partial charge in [0, 0.05) is 5.92 Å². The van der Waals surface area contributed by atoms with Crippen molar-refractivity contribution < 1.29 is 27.5 Å². The summed E-state index contributed by atoms with van der Waals surface area (Å²) in [5.41, 5.74) is -1.42. The van der Waals surface area contributed by atoms with Crippen molar-refractivity contribution >= 4 is 5.97 Å². The molecule has 2 aliphatic rings. The summed E-state index contributed by atoms with van der Waals surface area (Å²) in [7, 11) is 0. The maximum atomic E-state index is 12.6. The number of oxazole rings is 1. The van der Waals surface area contributed by atoms with Gasteiger partial charge in [-0.25, -0.2) is 9.78 Å². The van der Waals surface area contributed by atoms with Crippen molar-refractivity contribution in [3.05, 3.63) is 17.3 Å². The molecule has 0 bridgehead atoms. The Morgan fingerprint density at radius 3 is 2.39 bits per heavy atom. The van der Waals surface area contributed by atoms with Gasteiger partial charge in [-0.05, 0) is 24.7 Å². The fraction of sp³-hybridized carbons (Fsp3) is 0.636. The summed E-state index contributed by atoms with van der Waals surface area (Å²) >= 11 is 0. The van der Waals surface area contributed by atoms with Gasteiger partial charge in [0.05, 0.1) is 0 Å². The van der Waals surface area contributed by atoms with E-state index >= 15 is 0 Å². The zero-order valence-corrected chi connectivity index (χ0v) is 9.20. The Morgan fingerprint density at radius 1 is 1.33 bits per heavy atom. The molecule has 2 atom stereocenters. The Morgan fingerprint density at radius 2 is 1.94 bits per heavy atom. The molecule has 0 aromatic carbocycles. The molecule has 0 spiro atoms. The predicted molar refractivity (Wildman–Crippen MR) is 52.0 cm³/mol. The van der Waals surface area contributed by atoms with Gasteiger partial charge in [0.15, 0.2) is 11.6 Å². The van der Waals surface area contributed by atoms with Gasteiger partial charge >= 0.3 is 12.1 Å². The van der Waals surface area contributed by atoms with Crippen LogP contribution in [0.25, 0.3) is 0 Å². The van der Waals surface area contributed by atoms with Crippen LogP contribution in [0, 0.1) is 11.8 Å². The van der Waals surface area contributed by atoms with Crippen molar-refractivity contribution in [3.63, 3.8) is 0 Å². The first-order chi connectivity index (χ1) is 8.39. The molecule has 2 saturated carbocycles. The summed E-state index contributed by atoms with van der Waals surface area (Å²) in [5.74, 6) is -2.35. The Kier molecular flexibility index (Phi) is 2.24. The lowest BCUT2D eigenvalue weighted by atomic mass is 10.1. The maximum Gasteiger partial charge on any atom is 0.437 e. The fourth-order valence-electron chi connectivity index (χ4n) is 3.00. The SMILES string of the molecule is O=C(O)c1oc(C2C3CCCC32)nc1C(F)(F)F. The Labute approximate surface area is 99.8 Å². The van der Waals surface area contributed by atoms with E-state index in [4.69, 9.17) is 9.52 Å². The van der Waals surface area contributed by atoms with Crippen LogP contribution in [0.15, 0.2) is 4.42 Å². The molecule has 18 heavy (non-hydrogen) atoms. The second-order valence-electron chi connectivity index (χ2n) is 4.82. The van der Waals surface area contributed by atoms with Crippen molar-refractivity contribution in [2.75, 3.05) is 0 Å². The standard InChI is InChI=1S/C11H10F3NO3/c12-11(13,14)8-7(10(16)17)18-9(15-8)6-4-2-1-3-5(4)6/h4-6H,1-3H2,(H,16,17).